The topological polar surface area (TPSA) is 12.9 Å². The number of rotatable bonds is 1. The van der Waals surface area contributed by atoms with Crippen molar-refractivity contribution >= 4 is 0 Å². The summed E-state index contributed by atoms with van der Waals surface area (Å²) < 4.78 is 0. The van der Waals surface area contributed by atoms with E-state index in [2.05, 4.69) is 39.6 Å². The molecule has 0 saturated carbocycles. The third kappa shape index (κ3) is 15.6. The molecule has 1 heterocycles. The van der Waals surface area contributed by atoms with Crippen molar-refractivity contribution in [2.45, 2.75) is 61.8 Å². The highest BCUT2D eigenvalue weighted by Crippen LogP contribution is 2.08. The van der Waals surface area contributed by atoms with Gasteiger partial charge < -0.3 is 0 Å². The molecule has 0 radical (unpaired) electrons. The van der Waals surface area contributed by atoms with Crippen LogP contribution in [-0.2, 0) is 0 Å². The Bertz CT molecular complexity index is 199. The zero-order valence-corrected chi connectivity index (χ0v) is 11.4. The number of hydrogen-bond donors (Lipinski definition) is 0. The highest BCUT2D eigenvalue weighted by atomic mass is 14.7. The molecular formula is C15H31N. The van der Waals surface area contributed by atoms with Crippen LogP contribution in [0.15, 0.2) is 24.4 Å². The van der Waals surface area contributed by atoms with E-state index in [9.17, 15) is 0 Å². The molecular weight excluding hydrogens is 194 g/mol. The minimum absolute atomic E-state index is 0. The first-order chi connectivity index (χ1) is 7.04. The van der Waals surface area contributed by atoms with Crippen LogP contribution in [-0.4, -0.2) is 4.98 Å². The molecule has 0 amide bonds. The average Bonchev–Trinajstić information content (AvgIpc) is 2.21. The third-order valence-electron chi connectivity index (χ3n) is 1.28. The first kappa shape index (κ1) is 20.5. The second-order valence-corrected chi connectivity index (χ2v) is 4.14. The van der Waals surface area contributed by atoms with Crippen LogP contribution >= 0.6 is 0 Å². The van der Waals surface area contributed by atoms with Gasteiger partial charge in [0, 0.05) is 11.9 Å². The van der Waals surface area contributed by atoms with Gasteiger partial charge in [-0.05, 0) is 24.0 Å². The fourth-order valence-corrected chi connectivity index (χ4v) is 0.717. The van der Waals surface area contributed by atoms with Crippen LogP contribution in [0.4, 0.5) is 0 Å². The van der Waals surface area contributed by atoms with E-state index in [1.165, 1.54) is 0 Å². The highest BCUT2D eigenvalue weighted by molar-refractivity contribution is 5.06. The molecule has 1 heteroatoms. The Hall–Kier alpha value is -0.850. The Morgan fingerprint density at radius 2 is 1.38 bits per heavy atom. The monoisotopic (exact) mass is 225 g/mol. The van der Waals surface area contributed by atoms with Crippen molar-refractivity contribution in [3.63, 3.8) is 0 Å². The molecule has 0 atom stereocenters. The molecule has 0 N–H and O–H groups in total. The lowest BCUT2D eigenvalue weighted by Gasteiger charge is -2.00. The van der Waals surface area contributed by atoms with E-state index >= 15 is 0 Å². The van der Waals surface area contributed by atoms with Gasteiger partial charge in [-0.25, -0.2) is 0 Å². The number of nitrogens with zero attached hydrogens (tertiary/aromatic N) is 1. The Kier molecular flexibility index (Phi) is 18.2. The summed E-state index contributed by atoms with van der Waals surface area (Å²) in [5, 5.41) is 0. The fraction of sp³-hybridized carbons (Fsp3) is 0.667. The van der Waals surface area contributed by atoms with E-state index in [1.807, 2.05) is 38.2 Å². The molecule has 1 aromatic heterocycles. The molecule has 0 aromatic carbocycles. The molecule has 0 unspecified atom stereocenters. The van der Waals surface area contributed by atoms with Crippen LogP contribution in [0.25, 0.3) is 0 Å². The summed E-state index contributed by atoms with van der Waals surface area (Å²) in [6.45, 7) is 14.8. The van der Waals surface area contributed by atoms with Crippen molar-refractivity contribution < 1.29 is 0 Å². The maximum absolute atomic E-state index is 4.18. The van der Waals surface area contributed by atoms with Crippen LogP contribution in [0, 0.1) is 5.92 Å². The summed E-state index contributed by atoms with van der Waals surface area (Å²) in [5.41, 5.74) is 1.16. The highest BCUT2D eigenvalue weighted by Gasteiger charge is 1.95. The maximum Gasteiger partial charge on any atom is 0.0428 e. The second-order valence-electron chi connectivity index (χ2n) is 4.14. The predicted octanol–water partition coefficient (Wildman–Crippen LogP) is 5.53. The lowest BCUT2D eigenvalue weighted by molar-refractivity contribution is 0.737. The number of pyridine rings is 1. The lowest BCUT2D eigenvalue weighted by atomic mass is 10.1. The largest absolute Gasteiger partial charge is 0.261 e. The molecule has 1 aromatic rings. The van der Waals surface area contributed by atoms with Crippen molar-refractivity contribution in [2.75, 3.05) is 0 Å². The Morgan fingerprint density at radius 3 is 1.56 bits per heavy atom. The van der Waals surface area contributed by atoms with Gasteiger partial charge in [0.05, 0.1) is 0 Å². The molecule has 0 aliphatic rings. The normalized spacial score (nSPS) is 8.31. The van der Waals surface area contributed by atoms with E-state index in [-0.39, 0.29) is 7.43 Å². The first-order valence-corrected chi connectivity index (χ1v) is 5.95. The molecule has 1 nitrogen and oxygen atoms in total. The van der Waals surface area contributed by atoms with Crippen LogP contribution in [0.3, 0.4) is 0 Å². The van der Waals surface area contributed by atoms with Crippen molar-refractivity contribution in [3.05, 3.63) is 30.1 Å². The SMILES string of the molecule is C.CC.CC(C)C.CC(C)c1ccccn1. The van der Waals surface area contributed by atoms with Gasteiger partial charge in [0.1, 0.15) is 0 Å². The van der Waals surface area contributed by atoms with E-state index in [0.717, 1.165) is 11.6 Å². The second kappa shape index (κ2) is 14.2. The zero-order chi connectivity index (χ0) is 12.3. The molecule has 0 saturated heterocycles. The minimum atomic E-state index is 0. The van der Waals surface area contributed by atoms with E-state index in [1.54, 1.807) is 0 Å². The van der Waals surface area contributed by atoms with Gasteiger partial charge in [0.15, 0.2) is 0 Å². The van der Waals surface area contributed by atoms with Gasteiger partial charge >= 0.3 is 0 Å². The average molecular weight is 225 g/mol. The Balaban J connectivity index is -0.000000209. The molecule has 0 bridgehead atoms. The maximum atomic E-state index is 4.18. The molecule has 96 valence electrons. The van der Waals surface area contributed by atoms with Crippen LogP contribution in [0.5, 0.6) is 0 Å². The van der Waals surface area contributed by atoms with Crippen LogP contribution in [0.1, 0.15) is 67.5 Å². The summed E-state index contributed by atoms with van der Waals surface area (Å²) in [4.78, 5) is 4.18. The van der Waals surface area contributed by atoms with Crippen molar-refractivity contribution in [2.24, 2.45) is 5.92 Å². The quantitative estimate of drug-likeness (QED) is 0.612. The van der Waals surface area contributed by atoms with E-state index in [4.69, 9.17) is 0 Å². The predicted molar refractivity (Wildman–Crippen MR) is 76.9 cm³/mol. The van der Waals surface area contributed by atoms with E-state index in [0.29, 0.717) is 5.92 Å². The van der Waals surface area contributed by atoms with Gasteiger partial charge in [-0.3, -0.25) is 4.98 Å². The van der Waals surface area contributed by atoms with Gasteiger partial charge in [-0.1, -0.05) is 62.0 Å². The van der Waals surface area contributed by atoms with Crippen LogP contribution < -0.4 is 0 Å². The summed E-state index contributed by atoms with van der Waals surface area (Å²) in [6.07, 6.45) is 1.83. The molecule has 1 rings (SSSR count). The first-order valence-electron chi connectivity index (χ1n) is 5.95. The zero-order valence-electron chi connectivity index (χ0n) is 11.4. The standard InChI is InChI=1S/C8H11N.C4H10.C2H6.CH4/c1-7(2)8-5-3-4-6-9-8;1-4(2)3;1-2;/h3-7H,1-2H3;4H,1-3H3;1-2H3;1H4. The smallest absolute Gasteiger partial charge is 0.0428 e. The number of aromatic nitrogens is 1. The van der Waals surface area contributed by atoms with Crippen LogP contribution in [0.2, 0.25) is 0 Å². The fourth-order valence-electron chi connectivity index (χ4n) is 0.717. The Labute approximate surface area is 103 Å². The van der Waals surface area contributed by atoms with Crippen molar-refractivity contribution in [1.82, 2.24) is 4.98 Å². The summed E-state index contributed by atoms with van der Waals surface area (Å²) in [6, 6.07) is 6.00. The summed E-state index contributed by atoms with van der Waals surface area (Å²) in [7, 11) is 0. The molecule has 0 spiro atoms. The molecule has 0 fully saturated rings. The van der Waals surface area contributed by atoms with Crippen molar-refractivity contribution in [1.29, 1.82) is 0 Å². The van der Waals surface area contributed by atoms with E-state index < -0.39 is 0 Å². The van der Waals surface area contributed by atoms with Gasteiger partial charge in [-0.15, -0.1) is 0 Å². The van der Waals surface area contributed by atoms with Crippen molar-refractivity contribution in [3.8, 4) is 0 Å². The summed E-state index contributed by atoms with van der Waals surface area (Å²) in [5.74, 6) is 1.38. The minimum Gasteiger partial charge on any atom is -0.261 e. The van der Waals surface area contributed by atoms with Gasteiger partial charge in [-0.2, -0.15) is 0 Å². The van der Waals surface area contributed by atoms with Gasteiger partial charge in [0.2, 0.25) is 0 Å². The molecule has 16 heavy (non-hydrogen) atoms. The summed E-state index contributed by atoms with van der Waals surface area (Å²) >= 11 is 0. The number of hydrogen-bond acceptors (Lipinski definition) is 1. The molecule has 0 aliphatic carbocycles. The molecule has 0 aliphatic heterocycles. The Morgan fingerprint density at radius 1 is 0.938 bits per heavy atom. The third-order valence-corrected chi connectivity index (χ3v) is 1.28. The lowest BCUT2D eigenvalue weighted by Crippen LogP contribution is -1.88. The van der Waals surface area contributed by atoms with Gasteiger partial charge in [0.25, 0.3) is 0 Å².